The van der Waals surface area contributed by atoms with Gasteiger partial charge in [-0.05, 0) is 24.3 Å². The van der Waals surface area contributed by atoms with Crippen molar-refractivity contribution in [1.29, 1.82) is 0 Å². The molecule has 1 rings (SSSR count). The third-order valence-electron chi connectivity index (χ3n) is 2.21. The van der Waals surface area contributed by atoms with E-state index in [9.17, 15) is 9.59 Å². The largest absolute Gasteiger partial charge is 0.515 e. The number of alkyl halides is 1. The molecular formula is C13H15ClO5. The second-order valence-corrected chi connectivity index (χ2v) is 4.51. The molecule has 0 aromatic heterocycles. The predicted molar refractivity (Wildman–Crippen MR) is 69.4 cm³/mol. The van der Waals surface area contributed by atoms with E-state index in [4.69, 9.17) is 21.1 Å². The van der Waals surface area contributed by atoms with Gasteiger partial charge in [0.1, 0.15) is 5.75 Å². The van der Waals surface area contributed by atoms with Gasteiger partial charge >= 0.3 is 12.1 Å². The van der Waals surface area contributed by atoms with E-state index in [2.05, 4.69) is 4.74 Å². The van der Waals surface area contributed by atoms with Gasteiger partial charge in [0, 0.05) is 5.92 Å². The van der Waals surface area contributed by atoms with Gasteiger partial charge in [-0.2, -0.15) is 0 Å². The fraction of sp³-hybridized carbons (Fsp3) is 0.385. The molecule has 104 valence electrons. The van der Waals surface area contributed by atoms with Crippen LogP contribution < -0.4 is 4.74 Å². The molecule has 0 N–H and O–H groups in total. The van der Waals surface area contributed by atoms with Crippen molar-refractivity contribution in [3.63, 3.8) is 0 Å². The third-order valence-corrected chi connectivity index (χ3v) is 2.80. The van der Waals surface area contributed by atoms with Gasteiger partial charge < -0.3 is 14.2 Å². The van der Waals surface area contributed by atoms with Crippen LogP contribution in [0.4, 0.5) is 4.79 Å². The summed E-state index contributed by atoms with van der Waals surface area (Å²) in [4.78, 5) is 22.6. The first-order valence-corrected chi connectivity index (χ1v) is 6.08. The van der Waals surface area contributed by atoms with E-state index in [0.29, 0.717) is 5.56 Å². The first kappa shape index (κ1) is 15.3. The molecule has 6 heteroatoms. The predicted octanol–water partition coefficient (Wildman–Crippen LogP) is 3.21. The molecule has 0 amide bonds. The van der Waals surface area contributed by atoms with Crippen molar-refractivity contribution < 1.29 is 23.8 Å². The minimum atomic E-state index is -0.889. The van der Waals surface area contributed by atoms with Crippen molar-refractivity contribution >= 4 is 23.7 Å². The Morgan fingerprint density at radius 1 is 1.16 bits per heavy atom. The van der Waals surface area contributed by atoms with Gasteiger partial charge in [-0.1, -0.05) is 25.4 Å². The van der Waals surface area contributed by atoms with Gasteiger partial charge in [0.25, 0.3) is 0 Å². The van der Waals surface area contributed by atoms with Gasteiger partial charge in [-0.25, -0.2) is 9.59 Å². The molecular weight excluding hydrogens is 272 g/mol. The zero-order valence-electron chi connectivity index (χ0n) is 10.9. The Hall–Kier alpha value is -1.75. The van der Waals surface area contributed by atoms with Crippen LogP contribution in [0, 0.1) is 5.92 Å². The van der Waals surface area contributed by atoms with E-state index in [-0.39, 0.29) is 11.7 Å². The SMILES string of the molecule is COC(=O)c1ccc(OC(=O)OC(Cl)C(C)C)cc1. The van der Waals surface area contributed by atoms with Crippen molar-refractivity contribution in [2.24, 2.45) is 5.92 Å². The summed E-state index contributed by atoms with van der Waals surface area (Å²) >= 11 is 5.78. The number of carbonyl (C=O) groups is 2. The fourth-order valence-corrected chi connectivity index (χ4v) is 1.20. The number of methoxy groups -OCH3 is 1. The normalized spacial score (nSPS) is 11.8. The first-order chi connectivity index (χ1) is 8.93. The molecule has 1 unspecified atom stereocenters. The van der Waals surface area contributed by atoms with Crippen LogP contribution in [0.3, 0.4) is 0 Å². The molecule has 0 aliphatic heterocycles. The highest BCUT2D eigenvalue weighted by Crippen LogP contribution is 2.16. The van der Waals surface area contributed by atoms with Gasteiger partial charge in [0.15, 0.2) is 5.56 Å². The Labute approximate surface area is 116 Å². The van der Waals surface area contributed by atoms with Crippen molar-refractivity contribution in [2.75, 3.05) is 7.11 Å². The van der Waals surface area contributed by atoms with E-state index < -0.39 is 17.7 Å². The summed E-state index contributed by atoms with van der Waals surface area (Å²) in [6.45, 7) is 3.63. The molecule has 0 radical (unpaired) electrons. The van der Waals surface area contributed by atoms with Crippen LogP contribution in [-0.2, 0) is 9.47 Å². The van der Waals surface area contributed by atoms with Crippen LogP contribution in [0.2, 0.25) is 0 Å². The molecule has 5 nitrogen and oxygen atoms in total. The maximum absolute atomic E-state index is 11.4. The summed E-state index contributed by atoms with van der Waals surface area (Å²) in [6, 6.07) is 5.89. The number of halogens is 1. The Balaban J connectivity index is 2.58. The lowest BCUT2D eigenvalue weighted by Crippen LogP contribution is -2.20. The summed E-state index contributed by atoms with van der Waals surface area (Å²) < 4.78 is 14.3. The van der Waals surface area contributed by atoms with Crippen molar-refractivity contribution in [2.45, 2.75) is 19.4 Å². The zero-order valence-corrected chi connectivity index (χ0v) is 11.6. The molecule has 0 spiro atoms. The second-order valence-electron chi connectivity index (χ2n) is 4.08. The van der Waals surface area contributed by atoms with Crippen LogP contribution in [0.15, 0.2) is 24.3 Å². The zero-order chi connectivity index (χ0) is 14.4. The van der Waals surface area contributed by atoms with Crippen molar-refractivity contribution in [3.8, 4) is 5.75 Å². The molecule has 19 heavy (non-hydrogen) atoms. The first-order valence-electron chi connectivity index (χ1n) is 5.65. The highest BCUT2D eigenvalue weighted by Gasteiger charge is 2.17. The Morgan fingerprint density at radius 2 is 1.74 bits per heavy atom. The molecule has 0 fully saturated rings. The number of benzene rings is 1. The van der Waals surface area contributed by atoms with Crippen LogP contribution in [0.1, 0.15) is 24.2 Å². The smallest absolute Gasteiger partial charge is 0.465 e. The van der Waals surface area contributed by atoms with Gasteiger partial charge in [-0.3, -0.25) is 0 Å². The Morgan fingerprint density at radius 3 is 2.21 bits per heavy atom. The maximum atomic E-state index is 11.4. The molecule has 0 aliphatic carbocycles. The van der Waals surface area contributed by atoms with Crippen LogP contribution in [-0.4, -0.2) is 24.8 Å². The number of esters is 1. The van der Waals surface area contributed by atoms with E-state index in [0.717, 1.165) is 0 Å². The summed E-state index contributed by atoms with van der Waals surface area (Å²) in [7, 11) is 1.29. The van der Waals surface area contributed by atoms with E-state index in [1.54, 1.807) is 0 Å². The average molecular weight is 287 g/mol. The summed E-state index contributed by atoms with van der Waals surface area (Å²) in [6.07, 6.45) is -0.889. The highest BCUT2D eigenvalue weighted by molar-refractivity contribution is 6.20. The number of hydrogen-bond acceptors (Lipinski definition) is 5. The van der Waals surface area contributed by atoms with Gasteiger partial charge in [0.2, 0.25) is 0 Å². The monoisotopic (exact) mass is 286 g/mol. The van der Waals surface area contributed by atoms with Crippen molar-refractivity contribution in [1.82, 2.24) is 0 Å². The minimum absolute atomic E-state index is 0.0177. The lowest BCUT2D eigenvalue weighted by atomic mass is 10.2. The standard InChI is InChI=1S/C13H15ClO5/c1-8(2)11(14)19-13(16)18-10-6-4-9(5-7-10)12(15)17-3/h4-8,11H,1-3H3. The van der Waals surface area contributed by atoms with Crippen LogP contribution in [0.25, 0.3) is 0 Å². The van der Waals surface area contributed by atoms with E-state index >= 15 is 0 Å². The minimum Gasteiger partial charge on any atom is -0.465 e. The lowest BCUT2D eigenvalue weighted by Gasteiger charge is -2.13. The number of hydrogen-bond donors (Lipinski definition) is 0. The average Bonchev–Trinajstić information content (AvgIpc) is 2.38. The Kier molecular flexibility index (Phi) is 5.63. The Bertz CT molecular complexity index is 441. The third kappa shape index (κ3) is 4.79. The molecule has 0 saturated carbocycles. The maximum Gasteiger partial charge on any atom is 0.515 e. The second kappa shape index (κ2) is 6.99. The molecule has 0 saturated heterocycles. The highest BCUT2D eigenvalue weighted by atomic mass is 35.5. The fourth-order valence-electron chi connectivity index (χ4n) is 1.13. The quantitative estimate of drug-likeness (QED) is 0.483. The number of carbonyl (C=O) groups excluding carboxylic acids is 2. The van der Waals surface area contributed by atoms with E-state index in [1.807, 2.05) is 13.8 Å². The lowest BCUT2D eigenvalue weighted by molar-refractivity contribution is 0.0600. The topological polar surface area (TPSA) is 61.8 Å². The summed E-state index contributed by atoms with van der Waals surface area (Å²) in [5, 5.41) is 0. The summed E-state index contributed by atoms with van der Waals surface area (Å²) in [5.74, 6) is -0.226. The molecule has 0 aliphatic rings. The van der Waals surface area contributed by atoms with Gasteiger partial charge in [-0.15, -0.1) is 0 Å². The molecule has 0 heterocycles. The van der Waals surface area contributed by atoms with E-state index in [1.165, 1.54) is 31.4 Å². The number of ether oxygens (including phenoxy) is 3. The van der Waals surface area contributed by atoms with Crippen LogP contribution >= 0.6 is 11.6 Å². The van der Waals surface area contributed by atoms with Crippen molar-refractivity contribution in [3.05, 3.63) is 29.8 Å². The number of rotatable bonds is 4. The van der Waals surface area contributed by atoms with Gasteiger partial charge in [0.05, 0.1) is 12.7 Å². The molecule has 0 bridgehead atoms. The molecule has 1 atom stereocenters. The summed E-state index contributed by atoms with van der Waals surface area (Å²) in [5.41, 5.74) is -0.387. The molecule has 1 aromatic carbocycles. The van der Waals surface area contributed by atoms with Crippen LogP contribution in [0.5, 0.6) is 5.75 Å². The molecule has 1 aromatic rings.